The van der Waals surface area contributed by atoms with Crippen molar-refractivity contribution in [3.63, 3.8) is 0 Å². The van der Waals surface area contributed by atoms with Crippen molar-refractivity contribution >= 4 is 27.5 Å². The maximum Gasteiger partial charge on any atom is 0.281 e. The molecule has 2 aromatic carbocycles. The highest BCUT2D eigenvalue weighted by Gasteiger charge is 2.11. The molecule has 0 saturated carbocycles. The van der Waals surface area contributed by atoms with E-state index in [1.54, 1.807) is 18.2 Å². The highest BCUT2D eigenvalue weighted by atomic mass is 35.5. The van der Waals surface area contributed by atoms with E-state index in [2.05, 4.69) is 4.40 Å². The topological polar surface area (TPSA) is 78.8 Å². The standard InChI is InChI=1S/C15H14ClNO4S/c1-11-3-2-4-13(9-11)21-10-15(18)17-22(19,20)14-7-5-12(16)6-8-14/h2-9H,10H2,1H3,(H,17,18)/p-1. The molecule has 0 fully saturated rings. The van der Waals surface area contributed by atoms with Gasteiger partial charge < -0.3 is 9.84 Å². The summed E-state index contributed by atoms with van der Waals surface area (Å²) in [5.41, 5.74) is 0.968. The molecule has 2 aromatic rings. The molecule has 0 aliphatic carbocycles. The summed E-state index contributed by atoms with van der Waals surface area (Å²) >= 11 is 5.69. The number of hydrogen-bond acceptors (Lipinski definition) is 4. The second-order valence-corrected chi connectivity index (χ2v) is 6.56. The van der Waals surface area contributed by atoms with Crippen LogP contribution in [-0.4, -0.2) is 20.9 Å². The fourth-order valence-electron chi connectivity index (χ4n) is 1.67. The van der Waals surface area contributed by atoms with Gasteiger partial charge in [-0.15, -0.1) is 0 Å². The van der Waals surface area contributed by atoms with Gasteiger partial charge in [-0.3, -0.25) is 0 Å². The van der Waals surface area contributed by atoms with Crippen LogP contribution in [0, 0.1) is 6.92 Å². The van der Waals surface area contributed by atoms with Crippen molar-refractivity contribution in [3.8, 4) is 5.75 Å². The summed E-state index contributed by atoms with van der Waals surface area (Å²) in [6, 6.07) is 12.5. The summed E-state index contributed by atoms with van der Waals surface area (Å²) in [6.07, 6.45) is 0. The Hall–Kier alpha value is -2.05. The molecule has 0 aromatic heterocycles. The second-order valence-electron chi connectivity index (χ2n) is 4.52. The van der Waals surface area contributed by atoms with Crippen LogP contribution >= 0.6 is 11.6 Å². The molecule has 22 heavy (non-hydrogen) atoms. The maximum atomic E-state index is 11.9. The Balaban J connectivity index is 2.09. The lowest BCUT2D eigenvalue weighted by Gasteiger charge is -2.12. The van der Waals surface area contributed by atoms with Crippen LogP contribution in [0.2, 0.25) is 5.02 Å². The third-order valence-electron chi connectivity index (χ3n) is 2.69. The van der Waals surface area contributed by atoms with Gasteiger partial charge in [-0.25, -0.2) is 0 Å². The lowest BCUT2D eigenvalue weighted by atomic mass is 10.2. The van der Waals surface area contributed by atoms with Gasteiger partial charge in [0.05, 0.1) is 4.90 Å². The highest BCUT2D eigenvalue weighted by molar-refractivity contribution is 7.90. The number of benzene rings is 2. The third-order valence-corrected chi connectivity index (χ3v) is 4.25. The van der Waals surface area contributed by atoms with E-state index in [0.29, 0.717) is 10.8 Å². The van der Waals surface area contributed by atoms with Gasteiger partial charge in [0.25, 0.3) is 10.0 Å². The lowest BCUT2D eigenvalue weighted by Crippen LogP contribution is -2.26. The minimum absolute atomic E-state index is 0.0965. The quantitative estimate of drug-likeness (QED) is 0.618. The summed E-state index contributed by atoms with van der Waals surface area (Å²) < 4.78 is 32.3. The molecule has 5 nitrogen and oxygen atoms in total. The predicted octanol–water partition coefficient (Wildman–Crippen LogP) is 2.17. The second kappa shape index (κ2) is 6.81. The monoisotopic (exact) mass is 338 g/mol. The average molecular weight is 339 g/mol. The smallest absolute Gasteiger partial charge is 0.281 e. The summed E-state index contributed by atoms with van der Waals surface area (Å²) in [5, 5.41) is 12.1. The van der Waals surface area contributed by atoms with E-state index in [0.717, 1.165) is 5.56 Å². The third kappa shape index (κ3) is 4.47. The van der Waals surface area contributed by atoms with Crippen LogP contribution in [0.1, 0.15) is 5.56 Å². The van der Waals surface area contributed by atoms with E-state index in [1.165, 1.54) is 24.3 Å². The molecule has 0 unspecified atom stereocenters. The molecular weight excluding hydrogens is 326 g/mol. The van der Waals surface area contributed by atoms with Crippen molar-refractivity contribution in [2.45, 2.75) is 11.8 Å². The van der Waals surface area contributed by atoms with Crippen LogP contribution in [0.15, 0.2) is 57.8 Å². The van der Waals surface area contributed by atoms with E-state index < -0.39 is 22.5 Å². The zero-order valence-electron chi connectivity index (χ0n) is 11.7. The lowest BCUT2D eigenvalue weighted by molar-refractivity contribution is -0.220. The minimum Gasteiger partial charge on any atom is -0.859 e. The Labute approximate surface area is 133 Å². The highest BCUT2D eigenvalue weighted by Crippen LogP contribution is 2.16. The van der Waals surface area contributed by atoms with Gasteiger partial charge in [0.15, 0.2) is 0 Å². The van der Waals surface area contributed by atoms with Crippen LogP contribution < -0.4 is 9.84 Å². The van der Waals surface area contributed by atoms with Gasteiger partial charge in [-0.2, -0.15) is 12.8 Å². The zero-order valence-corrected chi connectivity index (χ0v) is 13.3. The largest absolute Gasteiger partial charge is 0.859 e. The van der Waals surface area contributed by atoms with E-state index in [-0.39, 0.29) is 4.90 Å². The normalized spacial score (nSPS) is 12.2. The number of nitrogens with zero attached hydrogens (tertiary/aromatic N) is 1. The van der Waals surface area contributed by atoms with E-state index in [4.69, 9.17) is 16.3 Å². The van der Waals surface area contributed by atoms with E-state index in [9.17, 15) is 13.5 Å². The van der Waals surface area contributed by atoms with Gasteiger partial charge in [-0.05, 0) is 48.9 Å². The first-order chi connectivity index (χ1) is 10.4. The Morgan fingerprint density at radius 3 is 2.55 bits per heavy atom. The van der Waals surface area contributed by atoms with Crippen molar-refractivity contribution in [1.82, 2.24) is 0 Å². The summed E-state index contributed by atoms with van der Waals surface area (Å²) in [4.78, 5) is -0.0965. The SMILES string of the molecule is Cc1cccc(OCC([O-])=NS(=O)(=O)c2ccc(Cl)cc2)c1. The first-order valence-electron chi connectivity index (χ1n) is 6.33. The minimum atomic E-state index is -4.05. The molecule has 0 N–H and O–H groups in total. The zero-order chi connectivity index (χ0) is 16.2. The average Bonchev–Trinajstić information content (AvgIpc) is 2.45. The van der Waals surface area contributed by atoms with Crippen molar-refractivity contribution in [1.29, 1.82) is 0 Å². The van der Waals surface area contributed by atoms with Gasteiger partial charge in [0, 0.05) is 10.9 Å². The van der Waals surface area contributed by atoms with Crippen molar-refractivity contribution in [2.24, 2.45) is 4.40 Å². The molecule has 0 radical (unpaired) electrons. The predicted molar refractivity (Wildman–Crippen MR) is 82.7 cm³/mol. The Morgan fingerprint density at radius 1 is 1.23 bits per heavy atom. The number of ether oxygens (including phenoxy) is 1. The Kier molecular flexibility index (Phi) is 5.05. The summed E-state index contributed by atoms with van der Waals surface area (Å²) in [5.74, 6) is -0.399. The molecule has 0 heterocycles. The molecule has 0 aliphatic rings. The van der Waals surface area contributed by atoms with Crippen LogP contribution in [0.3, 0.4) is 0 Å². The van der Waals surface area contributed by atoms with Crippen LogP contribution in [0.5, 0.6) is 5.75 Å². The molecule has 0 saturated heterocycles. The maximum absolute atomic E-state index is 11.9. The van der Waals surface area contributed by atoms with Gasteiger partial charge in [-0.1, -0.05) is 23.7 Å². The van der Waals surface area contributed by atoms with Crippen molar-refractivity contribution in [2.75, 3.05) is 6.61 Å². The number of rotatable bonds is 5. The molecule has 0 atom stereocenters. The van der Waals surface area contributed by atoms with Crippen LogP contribution in [0.4, 0.5) is 0 Å². The van der Waals surface area contributed by atoms with Crippen molar-refractivity contribution in [3.05, 3.63) is 59.1 Å². The van der Waals surface area contributed by atoms with E-state index in [1.807, 2.05) is 13.0 Å². The summed E-state index contributed by atoms with van der Waals surface area (Å²) in [7, 11) is -4.05. The first-order valence-corrected chi connectivity index (χ1v) is 8.14. The first kappa shape index (κ1) is 16.3. The molecular formula is C15H13ClNO4S-. The van der Waals surface area contributed by atoms with Gasteiger partial charge in [0.2, 0.25) is 0 Å². The molecule has 2 rings (SSSR count). The Bertz CT molecular complexity index is 785. The fourth-order valence-corrected chi connectivity index (χ4v) is 2.70. The Morgan fingerprint density at radius 2 is 1.91 bits per heavy atom. The number of aryl methyl sites for hydroxylation is 1. The molecule has 0 bridgehead atoms. The molecule has 0 amide bonds. The van der Waals surface area contributed by atoms with Crippen LogP contribution in [0.25, 0.3) is 0 Å². The van der Waals surface area contributed by atoms with Gasteiger partial charge >= 0.3 is 0 Å². The molecule has 116 valence electrons. The van der Waals surface area contributed by atoms with Gasteiger partial charge in [0.1, 0.15) is 12.4 Å². The summed E-state index contributed by atoms with van der Waals surface area (Å²) in [6.45, 7) is 1.43. The molecule has 7 heteroatoms. The fraction of sp³-hybridized carbons (Fsp3) is 0.133. The van der Waals surface area contributed by atoms with Crippen molar-refractivity contribution < 1.29 is 18.3 Å². The number of sulfonamides is 1. The number of halogens is 1. The van der Waals surface area contributed by atoms with Crippen LogP contribution in [-0.2, 0) is 10.0 Å². The molecule has 0 aliphatic heterocycles. The number of hydrogen-bond donors (Lipinski definition) is 0. The van der Waals surface area contributed by atoms with E-state index >= 15 is 0 Å². The molecule has 0 spiro atoms.